The van der Waals surface area contributed by atoms with E-state index in [1.807, 2.05) is 23.9 Å². The number of aliphatic hydroxyl groups is 1. The SMILES string of the molecule is Cn1nc(Br)c2ccc(CCO)cc21. The van der Waals surface area contributed by atoms with Crippen LogP contribution in [0, 0.1) is 0 Å². The average Bonchev–Trinajstić information content (AvgIpc) is 2.43. The van der Waals surface area contributed by atoms with Gasteiger partial charge in [0.1, 0.15) is 4.60 Å². The fraction of sp³-hybridized carbons (Fsp3) is 0.300. The molecule has 0 fully saturated rings. The Labute approximate surface area is 90.5 Å². The van der Waals surface area contributed by atoms with Crippen LogP contribution < -0.4 is 0 Å². The third-order valence-corrected chi connectivity index (χ3v) is 2.86. The lowest BCUT2D eigenvalue weighted by molar-refractivity contribution is 0.299. The smallest absolute Gasteiger partial charge is 0.135 e. The first kappa shape index (κ1) is 9.68. The largest absolute Gasteiger partial charge is 0.396 e. The molecule has 0 saturated heterocycles. The van der Waals surface area contributed by atoms with E-state index in [0.29, 0.717) is 6.42 Å². The van der Waals surface area contributed by atoms with E-state index >= 15 is 0 Å². The predicted octanol–water partition coefficient (Wildman–Crippen LogP) is 1.87. The topological polar surface area (TPSA) is 38.0 Å². The molecule has 1 heterocycles. The lowest BCUT2D eigenvalue weighted by Gasteiger charge is -1.99. The number of hydrogen-bond acceptors (Lipinski definition) is 2. The molecule has 0 atom stereocenters. The first-order chi connectivity index (χ1) is 6.72. The van der Waals surface area contributed by atoms with Gasteiger partial charge in [-0.1, -0.05) is 6.07 Å². The number of hydrogen-bond donors (Lipinski definition) is 1. The molecule has 3 nitrogen and oxygen atoms in total. The minimum atomic E-state index is 0.185. The van der Waals surface area contributed by atoms with Gasteiger partial charge in [0, 0.05) is 19.0 Å². The standard InChI is InChI=1S/C10H11BrN2O/c1-13-9-6-7(4-5-14)2-3-8(9)10(11)12-13/h2-3,6,14H,4-5H2,1H3. The molecule has 0 radical (unpaired) electrons. The molecule has 1 aromatic carbocycles. The average molecular weight is 255 g/mol. The van der Waals surface area contributed by atoms with Gasteiger partial charge in [0.2, 0.25) is 0 Å². The molecule has 74 valence electrons. The normalized spacial score (nSPS) is 11.1. The molecule has 0 saturated carbocycles. The van der Waals surface area contributed by atoms with Gasteiger partial charge >= 0.3 is 0 Å². The summed E-state index contributed by atoms with van der Waals surface area (Å²) in [5, 5.41) is 14.2. The molecule has 2 rings (SSSR count). The van der Waals surface area contributed by atoms with Crippen molar-refractivity contribution in [1.29, 1.82) is 0 Å². The Kier molecular flexibility index (Phi) is 2.56. The van der Waals surface area contributed by atoms with Crippen LogP contribution in [-0.4, -0.2) is 21.5 Å². The van der Waals surface area contributed by atoms with Crippen molar-refractivity contribution >= 4 is 26.8 Å². The summed E-state index contributed by atoms with van der Waals surface area (Å²) in [5.74, 6) is 0. The summed E-state index contributed by atoms with van der Waals surface area (Å²) in [6, 6.07) is 6.10. The zero-order valence-electron chi connectivity index (χ0n) is 7.87. The Morgan fingerprint density at radius 3 is 3.00 bits per heavy atom. The molecule has 0 aliphatic carbocycles. The number of aliphatic hydroxyl groups excluding tert-OH is 1. The Morgan fingerprint density at radius 1 is 1.50 bits per heavy atom. The van der Waals surface area contributed by atoms with E-state index in [1.165, 1.54) is 0 Å². The van der Waals surface area contributed by atoms with Crippen molar-refractivity contribution in [3.05, 3.63) is 28.4 Å². The van der Waals surface area contributed by atoms with Gasteiger partial charge in [-0.15, -0.1) is 0 Å². The van der Waals surface area contributed by atoms with E-state index < -0.39 is 0 Å². The Hall–Kier alpha value is -0.870. The van der Waals surface area contributed by atoms with Crippen LogP contribution in [0.1, 0.15) is 5.56 Å². The molecule has 0 unspecified atom stereocenters. The molecule has 0 amide bonds. The first-order valence-corrected chi connectivity index (χ1v) is 5.23. The summed E-state index contributed by atoms with van der Waals surface area (Å²) < 4.78 is 2.70. The van der Waals surface area contributed by atoms with Gasteiger partial charge in [-0.25, -0.2) is 0 Å². The molecule has 1 N–H and O–H groups in total. The second-order valence-electron chi connectivity index (χ2n) is 3.24. The minimum absolute atomic E-state index is 0.185. The highest BCUT2D eigenvalue weighted by atomic mass is 79.9. The fourth-order valence-corrected chi connectivity index (χ4v) is 2.12. The monoisotopic (exact) mass is 254 g/mol. The lowest BCUT2D eigenvalue weighted by atomic mass is 10.1. The maximum atomic E-state index is 8.83. The molecule has 0 spiro atoms. The van der Waals surface area contributed by atoms with E-state index in [2.05, 4.69) is 27.1 Å². The zero-order chi connectivity index (χ0) is 10.1. The van der Waals surface area contributed by atoms with Crippen molar-refractivity contribution in [3.8, 4) is 0 Å². The number of aryl methyl sites for hydroxylation is 1. The Balaban J connectivity index is 2.59. The van der Waals surface area contributed by atoms with Gasteiger partial charge in [0.25, 0.3) is 0 Å². The maximum absolute atomic E-state index is 8.83. The van der Waals surface area contributed by atoms with Crippen molar-refractivity contribution in [3.63, 3.8) is 0 Å². The predicted molar refractivity (Wildman–Crippen MR) is 59.2 cm³/mol. The van der Waals surface area contributed by atoms with Crippen molar-refractivity contribution in [2.45, 2.75) is 6.42 Å². The summed E-state index contributed by atoms with van der Waals surface area (Å²) in [6.07, 6.45) is 0.693. The van der Waals surface area contributed by atoms with Gasteiger partial charge in [0.15, 0.2) is 0 Å². The molecule has 0 aliphatic heterocycles. The van der Waals surface area contributed by atoms with Crippen LogP contribution in [0.15, 0.2) is 22.8 Å². The van der Waals surface area contributed by atoms with Crippen LogP contribution in [0.25, 0.3) is 10.9 Å². The third-order valence-electron chi connectivity index (χ3n) is 2.27. The number of benzene rings is 1. The van der Waals surface area contributed by atoms with E-state index in [4.69, 9.17) is 5.11 Å². The highest BCUT2D eigenvalue weighted by Crippen LogP contribution is 2.23. The minimum Gasteiger partial charge on any atom is -0.396 e. The summed E-state index contributed by atoms with van der Waals surface area (Å²) in [6.45, 7) is 0.185. The van der Waals surface area contributed by atoms with Crippen LogP contribution in [0.4, 0.5) is 0 Å². The molecule has 1 aromatic heterocycles. The fourth-order valence-electron chi connectivity index (χ4n) is 1.54. The summed E-state index contributed by atoms with van der Waals surface area (Å²) in [7, 11) is 1.91. The summed E-state index contributed by atoms with van der Waals surface area (Å²) in [5.41, 5.74) is 2.22. The number of fused-ring (bicyclic) bond motifs is 1. The summed E-state index contributed by atoms with van der Waals surface area (Å²) >= 11 is 3.40. The van der Waals surface area contributed by atoms with Gasteiger partial charge in [0.05, 0.1) is 5.52 Å². The van der Waals surface area contributed by atoms with E-state index in [1.54, 1.807) is 0 Å². The molecule has 14 heavy (non-hydrogen) atoms. The van der Waals surface area contributed by atoms with Gasteiger partial charge in [-0.05, 0) is 40.0 Å². The van der Waals surface area contributed by atoms with Crippen LogP contribution in [-0.2, 0) is 13.5 Å². The highest BCUT2D eigenvalue weighted by Gasteiger charge is 2.05. The molecule has 4 heteroatoms. The zero-order valence-corrected chi connectivity index (χ0v) is 9.45. The number of rotatable bonds is 2. The van der Waals surface area contributed by atoms with Crippen LogP contribution >= 0.6 is 15.9 Å². The van der Waals surface area contributed by atoms with Crippen molar-refractivity contribution < 1.29 is 5.11 Å². The van der Waals surface area contributed by atoms with Crippen molar-refractivity contribution in [1.82, 2.24) is 9.78 Å². The number of halogens is 1. The molecule has 2 aromatic rings. The highest BCUT2D eigenvalue weighted by molar-refractivity contribution is 9.10. The first-order valence-electron chi connectivity index (χ1n) is 4.44. The van der Waals surface area contributed by atoms with Gasteiger partial charge in [-0.2, -0.15) is 5.10 Å². The Bertz CT molecular complexity index is 464. The molecular formula is C10H11BrN2O. The van der Waals surface area contributed by atoms with Gasteiger partial charge < -0.3 is 5.11 Å². The van der Waals surface area contributed by atoms with Crippen molar-refractivity contribution in [2.75, 3.05) is 6.61 Å². The molecule has 0 aliphatic rings. The second-order valence-corrected chi connectivity index (χ2v) is 3.99. The Morgan fingerprint density at radius 2 is 2.29 bits per heavy atom. The quantitative estimate of drug-likeness (QED) is 0.889. The van der Waals surface area contributed by atoms with E-state index in [9.17, 15) is 0 Å². The number of aromatic nitrogens is 2. The maximum Gasteiger partial charge on any atom is 0.135 e. The van der Waals surface area contributed by atoms with Crippen LogP contribution in [0.5, 0.6) is 0 Å². The van der Waals surface area contributed by atoms with Crippen molar-refractivity contribution in [2.24, 2.45) is 7.05 Å². The van der Waals surface area contributed by atoms with Crippen LogP contribution in [0.2, 0.25) is 0 Å². The lowest BCUT2D eigenvalue weighted by Crippen LogP contribution is -1.92. The number of nitrogens with zero attached hydrogens (tertiary/aromatic N) is 2. The van der Waals surface area contributed by atoms with E-state index in [-0.39, 0.29) is 6.61 Å². The summed E-state index contributed by atoms with van der Waals surface area (Å²) in [4.78, 5) is 0. The van der Waals surface area contributed by atoms with Crippen LogP contribution in [0.3, 0.4) is 0 Å². The van der Waals surface area contributed by atoms with Gasteiger partial charge in [-0.3, -0.25) is 4.68 Å². The molecule has 0 bridgehead atoms. The third kappa shape index (κ3) is 1.55. The second kappa shape index (κ2) is 3.71. The van der Waals surface area contributed by atoms with E-state index in [0.717, 1.165) is 21.1 Å². The molecular weight excluding hydrogens is 244 g/mol.